The number of hydrogen-bond donors (Lipinski definition) is 0. The van der Waals surface area contributed by atoms with Crippen LogP contribution in [0.25, 0.3) is 0 Å². The predicted octanol–water partition coefficient (Wildman–Crippen LogP) is 4.38. The van der Waals surface area contributed by atoms with Gasteiger partial charge in [-0.15, -0.1) is 0 Å². The van der Waals surface area contributed by atoms with Crippen LogP contribution in [0.5, 0.6) is 5.75 Å². The number of halogens is 1. The van der Waals surface area contributed by atoms with Crippen molar-refractivity contribution in [2.75, 3.05) is 58.3 Å². The van der Waals surface area contributed by atoms with E-state index in [1.807, 2.05) is 12.1 Å². The van der Waals surface area contributed by atoms with Crippen molar-refractivity contribution in [1.82, 2.24) is 9.80 Å². The van der Waals surface area contributed by atoms with Crippen molar-refractivity contribution in [3.05, 3.63) is 59.1 Å². The van der Waals surface area contributed by atoms with E-state index in [1.54, 1.807) is 0 Å². The van der Waals surface area contributed by atoms with Crippen LogP contribution >= 0.6 is 11.6 Å². The van der Waals surface area contributed by atoms with E-state index in [1.165, 1.54) is 17.7 Å². The summed E-state index contributed by atoms with van der Waals surface area (Å²) in [5, 5.41) is 0.812. The fourth-order valence-corrected chi connectivity index (χ4v) is 3.77. The maximum Gasteiger partial charge on any atom is 0.119 e. The van der Waals surface area contributed by atoms with Gasteiger partial charge in [0.1, 0.15) is 5.75 Å². The number of nitrogens with zero attached hydrogens (tertiary/aromatic N) is 3. The van der Waals surface area contributed by atoms with Crippen LogP contribution in [0.15, 0.2) is 48.5 Å². The van der Waals surface area contributed by atoms with Gasteiger partial charge in [0.2, 0.25) is 0 Å². The number of anilines is 1. The van der Waals surface area contributed by atoms with Crippen LogP contribution in [0.3, 0.4) is 0 Å². The first-order chi connectivity index (χ1) is 13.6. The molecule has 0 saturated carbocycles. The summed E-state index contributed by atoms with van der Waals surface area (Å²) in [6.07, 6.45) is 2.27. The molecule has 1 aliphatic heterocycles. The summed E-state index contributed by atoms with van der Waals surface area (Å²) >= 11 is 6.11. The molecule has 1 fully saturated rings. The van der Waals surface area contributed by atoms with Gasteiger partial charge in [0.25, 0.3) is 0 Å². The van der Waals surface area contributed by atoms with Gasteiger partial charge in [-0.3, -0.25) is 4.90 Å². The number of rotatable bonds is 9. The summed E-state index contributed by atoms with van der Waals surface area (Å²) in [6.45, 7) is 7.25. The molecule has 1 saturated heterocycles. The molecule has 0 bridgehead atoms. The molecule has 5 heteroatoms. The predicted molar refractivity (Wildman–Crippen MR) is 119 cm³/mol. The summed E-state index contributed by atoms with van der Waals surface area (Å²) in [5.74, 6) is 0.970. The topological polar surface area (TPSA) is 19.0 Å². The average molecular weight is 402 g/mol. The van der Waals surface area contributed by atoms with Gasteiger partial charge in [0.15, 0.2) is 0 Å². The highest BCUT2D eigenvalue weighted by Gasteiger charge is 2.16. The minimum Gasteiger partial charge on any atom is -0.494 e. The van der Waals surface area contributed by atoms with Crippen molar-refractivity contribution >= 4 is 17.3 Å². The minimum atomic E-state index is 0.787. The molecule has 3 rings (SSSR count). The molecule has 0 aromatic heterocycles. The standard InChI is InChI=1S/C23H32ClN3O/c1-25(2)19-20-8-10-23(11-9-20)28-17-4-3-12-26-13-15-27(16-14-26)22-7-5-6-21(24)18-22/h5-11,18H,3-4,12-17,19H2,1-2H3. The summed E-state index contributed by atoms with van der Waals surface area (Å²) in [7, 11) is 4.17. The largest absolute Gasteiger partial charge is 0.494 e. The minimum absolute atomic E-state index is 0.787. The Morgan fingerprint density at radius 1 is 0.964 bits per heavy atom. The molecule has 0 unspecified atom stereocenters. The van der Waals surface area contributed by atoms with E-state index in [0.717, 1.165) is 63.1 Å². The molecule has 4 nitrogen and oxygen atoms in total. The highest BCUT2D eigenvalue weighted by atomic mass is 35.5. The van der Waals surface area contributed by atoms with Gasteiger partial charge in [-0.1, -0.05) is 29.8 Å². The second kappa shape index (κ2) is 10.7. The quantitative estimate of drug-likeness (QED) is 0.580. The van der Waals surface area contributed by atoms with Gasteiger partial charge in [-0.2, -0.15) is 0 Å². The van der Waals surface area contributed by atoms with Crippen molar-refractivity contribution in [2.24, 2.45) is 0 Å². The summed E-state index contributed by atoms with van der Waals surface area (Å²) in [6, 6.07) is 16.6. The Labute approximate surface area is 174 Å². The van der Waals surface area contributed by atoms with Gasteiger partial charge in [-0.05, 0) is 69.4 Å². The summed E-state index contributed by atoms with van der Waals surface area (Å²) < 4.78 is 5.89. The number of benzene rings is 2. The van der Waals surface area contributed by atoms with Crippen molar-refractivity contribution in [3.8, 4) is 5.75 Å². The third-order valence-electron chi connectivity index (χ3n) is 5.11. The first kappa shape index (κ1) is 21.0. The molecular weight excluding hydrogens is 370 g/mol. The Balaban J connectivity index is 1.29. The van der Waals surface area contributed by atoms with Gasteiger partial charge in [-0.25, -0.2) is 0 Å². The lowest BCUT2D eigenvalue weighted by Gasteiger charge is -2.36. The molecule has 2 aromatic carbocycles. The molecule has 0 atom stereocenters. The molecule has 0 N–H and O–H groups in total. The van der Waals surface area contributed by atoms with Gasteiger partial charge in [0, 0.05) is 43.4 Å². The highest BCUT2D eigenvalue weighted by molar-refractivity contribution is 6.30. The lowest BCUT2D eigenvalue weighted by atomic mass is 10.2. The molecule has 0 aliphatic carbocycles. The summed E-state index contributed by atoms with van der Waals surface area (Å²) in [4.78, 5) is 7.15. The Morgan fingerprint density at radius 3 is 2.39 bits per heavy atom. The van der Waals surface area contributed by atoms with E-state index >= 15 is 0 Å². The molecule has 1 heterocycles. The van der Waals surface area contributed by atoms with E-state index in [0.29, 0.717) is 0 Å². The normalized spacial score (nSPS) is 15.2. The van der Waals surface area contributed by atoms with Crippen LogP contribution in [-0.2, 0) is 6.54 Å². The lowest BCUT2D eigenvalue weighted by molar-refractivity contribution is 0.238. The smallest absolute Gasteiger partial charge is 0.119 e. The average Bonchev–Trinajstić information content (AvgIpc) is 2.69. The third-order valence-corrected chi connectivity index (χ3v) is 5.34. The molecule has 152 valence electrons. The molecule has 0 radical (unpaired) electrons. The number of hydrogen-bond acceptors (Lipinski definition) is 4. The van der Waals surface area contributed by atoms with E-state index in [4.69, 9.17) is 16.3 Å². The molecule has 28 heavy (non-hydrogen) atoms. The molecule has 2 aromatic rings. The number of ether oxygens (including phenoxy) is 1. The zero-order valence-electron chi connectivity index (χ0n) is 17.1. The van der Waals surface area contributed by atoms with Crippen LogP contribution < -0.4 is 9.64 Å². The zero-order chi connectivity index (χ0) is 19.8. The van der Waals surface area contributed by atoms with Crippen LogP contribution in [0.2, 0.25) is 5.02 Å². The van der Waals surface area contributed by atoms with Crippen LogP contribution in [-0.4, -0.2) is 63.2 Å². The summed E-state index contributed by atoms with van der Waals surface area (Å²) in [5.41, 5.74) is 2.55. The van der Waals surface area contributed by atoms with Gasteiger partial charge < -0.3 is 14.5 Å². The van der Waals surface area contributed by atoms with Crippen LogP contribution in [0.4, 0.5) is 5.69 Å². The first-order valence-electron chi connectivity index (χ1n) is 10.2. The maximum atomic E-state index is 6.11. The Bertz CT molecular complexity index is 712. The maximum absolute atomic E-state index is 6.11. The first-order valence-corrected chi connectivity index (χ1v) is 10.6. The second-order valence-electron chi connectivity index (χ2n) is 7.75. The van der Waals surface area contributed by atoms with Gasteiger partial charge >= 0.3 is 0 Å². The van der Waals surface area contributed by atoms with Crippen molar-refractivity contribution in [1.29, 1.82) is 0 Å². The fraction of sp³-hybridized carbons (Fsp3) is 0.478. The zero-order valence-corrected chi connectivity index (χ0v) is 17.9. The Kier molecular flexibility index (Phi) is 8.01. The third kappa shape index (κ3) is 6.69. The Morgan fingerprint density at radius 2 is 1.71 bits per heavy atom. The van der Waals surface area contributed by atoms with E-state index in [9.17, 15) is 0 Å². The van der Waals surface area contributed by atoms with E-state index in [2.05, 4.69) is 65.2 Å². The Hall–Kier alpha value is -1.75. The van der Waals surface area contributed by atoms with Crippen molar-refractivity contribution in [2.45, 2.75) is 19.4 Å². The number of unbranched alkanes of at least 4 members (excludes halogenated alkanes) is 1. The van der Waals surface area contributed by atoms with Crippen molar-refractivity contribution < 1.29 is 4.74 Å². The van der Waals surface area contributed by atoms with Gasteiger partial charge in [0.05, 0.1) is 6.61 Å². The second-order valence-corrected chi connectivity index (χ2v) is 8.18. The highest BCUT2D eigenvalue weighted by Crippen LogP contribution is 2.21. The van der Waals surface area contributed by atoms with E-state index in [-0.39, 0.29) is 0 Å². The molecule has 0 amide bonds. The molecular formula is C23H32ClN3O. The SMILES string of the molecule is CN(C)Cc1ccc(OCCCCN2CCN(c3cccc(Cl)c3)CC2)cc1. The van der Waals surface area contributed by atoms with E-state index < -0.39 is 0 Å². The van der Waals surface area contributed by atoms with Crippen molar-refractivity contribution in [3.63, 3.8) is 0 Å². The molecule has 0 spiro atoms. The lowest BCUT2D eigenvalue weighted by Crippen LogP contribution is -2.46. The van der Waals surface area contributed by atoms with Crippen LogP contribution in [0, 0.1) is 0 Å². The van der Waals surface area contributed by atoms with Crippen LogP contribution in [0.1, 0.15) is 18.4 Å². The fourth-order valence-electron chi connectivity index (χ4n) is 3.59. The monoisotopic (exact) mass is 401 g/mol. The number of piperazine rings is 1. The molecule has 1 aliphatic rings.